The van der Waals surface area contributed by atoms with Crippen LogP contribution >= 0.6 is 0 Å². The molecule has 8 unspecified atom stereocenters. The molecule has 1 aromatic heterocycles. The second-order valence-corrected chi connectivity index (χ2v) is 20.7. The van der Waals surface area contributed by atoms with E-state index in [-0.39, 0.29) is 23.2 Å². The fourth-order valence-corrected chi connectivity index (χ4v) is 9.89. The predicted octanol–water partition coefficient (Wildman–Crippen LogP) is -4.16. The lowest BCUT2D eigenvalue weighted by molar-refractivity contribution is -0.144. The van der Waals surface area contributed by atoms with Crippen molar-refractivity contribution in [1.82, 2.24) is 57.7 Å². The third-order valence-corrected chi connectivity index (χ3v) is 15.1. The van der Waals surface area contributed by atoms with Gasteiger partial charge in [-0.3, -0.25) is 52.2 Å². The van der Waals surface area contributed by atoms with Crippen LogP contribution < -0.4 is 53.2 Å². The van der Waals surface area contributed by atoms with Crippen LogP contribution in [-0.2, 0) is 65.3 Å². The molecule has 78 heavy (non-hydrogen) atoms. The SMILES string of the molecule is CCC(C)C1NC(=O)CNC(=O)CNC(=O)C([C@@H](C)C(O)CO)NC(=O)C2C[C@@H](O)CN2C(=O)C(CC(=O)NCc2ccc(NC(=O)C(C)NC)cc2)NC(=O)[C@H](CS(=O)c2[nH]c3cc(O)ccc3c2C)NC(=O)CNC1=O. The first-order chi connectivity index (χ1) is 36.9. The Morgan fingerprint density at radius 3 is 2.10 bits per heavy atom. The Bertz CT molecular complexity index is 2740. The number of aliphatic hydroxyl groups is 3. The number of fused-ring (bicyclic) bond motifs is 2. The number of aromatic amines is 1. The predicted molar refractivity (Wildman–Crippen MR) is 281 cm³/mol. The number of aryl methyl sites for hydroxylation is 1. The lowest BCUT2D eigenvalue weighted by Gasteiger charge is -2.32. The van der Waals surface area contributed by atoms with Crippen LogP contribution in [0.5, 0.6) is 5.75 Å². The first-order valence-corrected chi connectivity index (χ1v) is 26.6. The van der Waals surface area contributed by atoms with Crippen LogP contribution in [0.25, 0.3) is 10.9 Å². The second-order valence-electron chi connectivity index (χ2n) is 19.3. The summed E-state index contributed by atoms with van der Waals surface area (Å²) in [6.07, 6.45) is -3.92. The lowest BCUT2D eigenvalue weighted by atomic mass is 9.94. The van der Waals surface area contributed by atoms with Gasteiger partial charge in [-0.05, 0) is 62.2 Å². The van der Waals surface area contributed by atoms with Gasteiger partial charge in [-0.1, -0.05) is 39.3 Å². The summed E-state index contributed by atoms with van der Waals surface area (Å²) < 4.78 is 14.3. The number of aromatic nitrogens is 1. The highest BCUT2D eigenvalue weighted by molar-refractivity contribution is 7.85. The van der Waals surface area contributed by atoms with E-state index in [1.54, 1.807) is 65.1 Å². The quantitative estimate of drug-likeness (QED) is 0.0687. The Balaban J connectivity index is 1.53. The standard InChI is InChI=1S/C50H70N12O15S/c1-7-24(2)42-47(74)55-20-40(69)57-35(23-78(77)49-25(3)32-13-12-30(64)14-33(32)59-49)45(72)58-34(16-38(67)52-17-28-8-10-29(11-9-28)56-44(71)27(5)51-6)50(76)62-21-31(65)15-36(62)46(73)61-43(26(4)37(66)22-63)48(75)54-18-39(68)53-19-41(70)60-42/h8-14,24,26-27,31,34-37,42-43,51,59,63-66H,7,15-23H2,1-6H3,(H,52,67)(H,53,68)(H,54,75)(H,55,74)(H,56,71)(H,57,69)(H,58,72)(H,60,70)(H,61,73)/t24?,26-,27?,31+,34?,35-,36?,37?,42?,43?,78?/m0/s1. The van der Waals surface area contributed by atoms with Crippen LogP contribution in [-0.4, -0.2) is 188 Å². The minimum absolute atomic E-state index is 0.0987. The highest BCUT2D eigenvalue weighted by Crippen LogP contribution is 2.28. The molecule has 2 aliphatic rings. The number of nitrogens with one attached hydrogen (secondary N) is 11. The van der Waals surface area contributed by atoms with Gasteiger partial charge in [-0.25, -0.2) is 0 Å². The van der Waals surface area contributed by atoms with Gasteiger partial charge in [0.05, 0.1) is 73.0 Å². The molecule has 3 heterocycles. The number of benzene rings is 2. The third-order valence-electron chi connectivity index (χ3n) is 13.6. The van der Waals surface area contributed by atoms with E-state index >= 15 is 0 Å². The van der Waals surface area contributed by atoms with Gasteiger partial charge >= 0.3 is 0 Å². The Morgan fingerprint density at radius 1 is 0.808 bits per heavy atom. The highest BCUT2D eigenvalue weighted by atomic mass is 32.2. The zero-order valence-electron chi connectivity index (χ0n) is 44.0. The van der Waals surface area contributed by atoms with Gasteiger partial charge in [0.15, 0.2) is 0 Å². The van der Waals surface area contributed by atoms with Gasteiger partial charge in [-0.15, -0.1) is 0 Å². The van der Waals surface area contributed by atoms with Gasteiger partial charge in [0, 0.05) is 42.6 Å². The number of rotatable bonds is 15. The minimum Gasteiger partial charge on any atom is -0.508 e. The summed E-state index contributed by atoms with van der Waals surface area (Å²) in [6.45, 7) is 4.18. The Labute approximate surface area is 451 Å². The van der Waals surface area contributed by atoms with Crippen molar-refractivity contribution in [1.29, 1.82) is 0 Å². The van der Waals surface area contributed by atoms with Crippen molar-refractivity contribution >= 4 is 86.5 Å². The number of amides is 10. The van der Waals surface area contributed by atoms with E-state index in [1.165, 1.54) is 19.1 Å². The molecule has 426 valence electrons. The fourth-order valence-electron chi connectivity index (χ4n) is 8.51. The molecule has 0 saturated carbocycles. The maximum Gasteiger partial charge on any atom is 0.246 e. The molecule has 28 heteroatoms. The summed E-state index contributed by atoms with van der Waals surface area (Å²) in [7, 11) is -0.546. The molecular weight excluding hydrogens is 1040 g/mol. The van der Waals surface area contributed by atoms with Crippen LogP contribution in [0.4, 0.5) is 5.69 Å². The number of carbonyl (C=O) groups excluding carboxylic acids is 10. The van der Waals surface area contributed by atoms with Crippen molar-refractivity contribution in [2.75, 3.05) is 50.9 Å². The summed E-state index contributed by atoms with van der Waals surface area (Å²) in [4.78, 5) is 141. The average molecular weight is 1110 g/mol. The molecule has 0 spiro atoms. The maximum atomic E-state index is 14.9. The van der Waals surface area contributed by atoms with E-state index < -0.39 is 176 Å². The number of nitrogens with zero attached hydrogens (tertiary/aromatic N) is 1. The lowest BCUT2D eigenvalue weighted by Crippen LogP contribution is -2.61. The van der Waals surface area contributed by atoms with Gasteiger partial charge < -0.3 is 83.5 Å². The monoisotopic (exact) mass is 1110 g/mol. The minimum atomic E-state index is -2.17. The number of hydrogen-bond acceptors (Lipinski definition) is 16. The normalized spacial score (nSPS) is 23.6. The summed E-state index contributed by atoms with van der Waals surface area (Å²) in [5, 5.41) is 67.3. The molecular formula is C50H70N12O15S. The Kier molecular flexibility index (Phi) is 22.2. The molecule has 0 bridgehead atoms. The largest absolute Gasteiger partial charge is 0.508 e. The number of hydrogen-bond donors (Lipinski definition) is 15. The number of anilines is 1. The molecule has 10 amide bonds. The van der Waals surface area contributed by atoms with E-state index in [2.05, 4.69) is 58.2 Å². The number of phenolic OH excluding ortho intramolecular Hbond substituents is 1. The average Bonchev–Trinajstić information content (AvgIpc) is 4.01. The van der Waals surface area contributed by atoms with Crippen molar-refractivity contribution in [3.8, 4) is 5.75 Å². The van der Waals surface area contributed by atoms with Gasteiger partial charge in [0.1, 0.15) is 41.0 Å². The van der Waals surface area contributed by atoms with Crippen molar-refractivity contribution in [3.05, 3.63) is 53.6 Å². The number of aromatic hydroxyl groups is 1. The smallest absolute Gasteiger partial charge is 0.246 e. The maximum absolute atomic E-state index is 14.9. The van der Waals surface area contributed by atoms with E-state index in [0.29, 0.717) is 34.1 Å². The summed E-state index contributed by atoms with van der Waals surface area (Å²) >= 11 is 0. The van der Waals surface area contributed by atoms with Crippen molar-refractivity contribution in [2.24, 2.45) is 11.8 Å². The van der Waals surface area contributed by atoms with Gasteiger partial charge in [0.2, 0.25) is 59.1 Å². The summed E-state index contributed by atoms with van der Waals surface area (Å²) in [6, 6.07) is 2.04. The molecule has 27 nitrogen and oxygen atoms in total. The van der Waals surface area contributed by atoms with E-state index in [4.69, 9.17) is 0 Å². The van der Waals surface area contributed by atoms with Gasteiger partial charge in [-0.2, -0.15) is 0 Å². The number of likely N-dealkylation sites (N-methyl/N-ethyl adjacent to an activating group) is 1. The molecule has 2 saturated heterocycles. The Morgan fingerprint density at radius 2 is 1.45 bits per heavy atom. The number of phenols is 1. The van der Waals surface area contributed by atoms with Crippen molar-refractivity contribution in [3.63, 3.8) is 0 Å². The molecule has 3 aromatic rings. The zero-order valence-corrected chi connectivity index (χ0v) is 44.8. The Hall–Kier alpha value is -7.53. The number of aliphatic hydroxyl groups excluding tert-OH is 3. The highest BCUT2D eigenvalue weighted by Gasteiger charge is 2.44. The van der Waals surface area contributed by atoms with E-state index in [0.717, 1.165) is 4.90 Å². The first kappa shape index (κ1) is 61.3. The number of H-pyrrole nitrogens is 1. The first-order valence-electron chi connectivity index (χ1n) is 25.3. The summed E-state index contributed by atoms with van der Waals surface area (Å²) in [5.41, 5.74) is 1.86. The molecule has 11 atom stereocenters. The molecule has 0 radical (unpaired) electrons. The van der Waals surface area contributed by atoms with Crippen LogP contribution in [0.3, 0.4) is 0 Å². The molecule has 2 aromatic carbocycles. The van der Waals surface area contributed by atoms with E-state index in [1.807, 2.05) is 0 Å². The van der Waals surface area contributed by atoms with Crippen LogP contribution in [0, 0.1) is 18.8 Å². The van der Waals surface area contributed by atoms with Crippen LogP contribution in [0.2, 0.25) is 0 Å². The van der Waals surface area contributed by atoms with Crippen molar-refractivity contribution in [2.45, 2.75) is 114 Å². The fraction of sp³-hybridized carbons (Fsp3) is 0.520. The van der Waals surface area contributed by atoms with Crippen molar-refractivity contribution < 1.29 is 72.6 Å². The topological polar surface area (TPSA) is 408 Å². The molecule has 2 fully saturated rings. The zero-order chi connectivity index (χ0) is 57.5. The molecule has 0 aliphatic carbocycles. The second kappa shape index (κ2) is 28.2. The third kappa shape index (κ3) is 16.5. The molecule has 15 N–H and O–H groups in total. The molecule has 5 rings (SSSR count). The van der Waals surface area contributed by atoms with Crippen LogP contribution in [0.1, 0.15) is 58.1 Å². The van der Waals surface area contributed by atoms with Crippen LogP contribution in [0.15, 0.2) is 47.5 Å². The molecule has 2 aliphatic heterocycles. The summed E-state index contributed by atoms with van der Waals surface area (Å²) in [5.74, 6) is -11.7. The number of carbonyl (C=O) groups is 10. The van der Waals surface area contributed by atoms with E-state index in [9.17, 15) is 72.6 Å². The van der Waals surface area contributed by atoms with Gasteiger partial charge in [0.25, 0.3) is 0 Å².